The molecule has 0 spiro atoms. The Morgan fingerprint density at radius 3 is 1.35 bits per heavy atom. The quantitative estimate of drug-likeness (QED) is 0.0392. The van der Waals surface area contributed by atoms with Crippen molar-refractivity contribution in [3.63, 3.8) is 0 Å². The van der Waals surface area contributed by atoms with Gasteiger partial charge in [-0.2, -0.15) is 8.42 Å². The number of hydrogen-bond donors (Lipinski definition) is 2. The van der Waals surface area contributed by atoms with Gasteiger partial charge in [0.05, 0.1) is 4.90 Å². The molecule has 2 N–H and O–H groups in total. The number of phenols is 1. The van der Waals surface area contributed by atoms with Crippen LogP contribution in [0, 0.1) is 0 Å². The fraction of sp³-hybridized carbons (Fsp3) is 0.455. The Hall–Kier alpha value is -2.84. The van der Waals surface area contributed by atoms with Gasteiger partial charge in [-0.3, -0.25) is 4.55 Å². The number of aryl methyl sites for hydroxylation is 2. The van der Waals surface area contributed by atoms with Gasteiger partial charge in [0.2, 0.25) is 0 Å². The van der Waals surface area contributed by atoms with Gasteiger partial charge in [0.15, 0.2) is 10.6 Å². The van der Waals surface area contributed by atoms with Gasteiger partial charge in [-0.25, -0.2) is 8.42 Å². The monoisotopic (exact) mass is 850 g/mol. The van der Waals surface area contributed by atoms with Crippen molar-refractivity contribution in [1.82, 2.24) is 0 Å². The van der Waals surface area contributed by atoms with Gasteiger partial charge in [0.25, 0.3) is 0 Å². The third-order valence-corrected chi connectivity index (χ3v) is 11.1. The smallest absolute Gasteiger partial charge is 0.872 e. The number of unbranched alkanes of at least 4 members (excludes halogenated alkanes) is 14. The molecule has 13 heteroatoms. The van der Waals surface area contributed by atoms with Crippen LogP contribution in [0.1, 0.15) is 128 Å². The minimum Gasteiger partial charge on any atom is -0.872 e. The number of hydrogen-bond acceptors (Lipinski definition) is 9. The zero-order valence-electron chi connectivity index (χ0n) is 33.5. The summed E-state index contributed by atoms with van der Waals surface area (Å²) in [7, 11) is -9.51. The van der Waals surface area contributed by atoms with E-state index in [-0.39, 0.29) is 49.2 Å². The number of benzene rings is 4. The zero-order chi connectivity index (χ0) is 40.8. The Morgan fingerprint density at radius 1 is 0.544 bits per heavy atom. The van der Waals surface area contributed by atoms with E-state index in [1.165, 1.54) is 120 Å². The molecule has 4 rings (SSSR count). The summed E-state index contributed by atoms with van der Waals surface area (Å²) in [6.07, 6.45) is 21.9. The number of phenolic OH excluding ortho intramolecular Hbond substituents is 1. The summed E-state index contributed by atoms with van der Waals surface area (Å²) in [6, 6.07) is 22.5. The van der Waals surface area contributed by atoms with Crippen LogP contribution in [0.5, 0.6) is 34.5 Å². The maximum atomic E-state index is 11.8. The molecule has 0 amide bonds. The topological polar surface area (TPSA) is 173 Å². The van der Waals surface area contributed by atoms with E-state index in [1.807, 2.05) is 36.4 Å². The molecule has 308 valence electrons. The SMILES string of the molecule is CCCCCCCCCCc1cccc(Oc2cccc(O)c2S(=O)(=O)O)c1.CCCCCCCCCCc1cccc(Oc2cccc([O-])c2S(=O)(=O)[O-])c1.[Ca+2]. The van der Waals surface area contributed by atoms with E-state index in [2.05, 4.69) is 13.8 Å². The first-order valence-electron chi connectivity index (χ1n) is 19.9. The summed E-state index contributed by atoms with van der Waals surface area (Å²) >= 11 is 0. The summed E-state index contributed by atoms with van der Waals surface area (Å²) in [5, 5.41) is 21.5. The normalized spacial score (nSPS) is 11.3. The largest absolute Gasteiger partial charge is 2.00 e. The molecule has 0 fully saturated rings. The second-order valence-corrected chi connectivity index (χ2v) is 16.7. The number of aromatic hydroxyl groups is 1. The van der Waals surface area contributed by atoms with Gasteiger partial charge in [-0.15, -0.1) is 0 Å². The first-order chi connectivity index (χ1) is 26.8. The molecule has 0 aliphatic carbocycles. The molecule has 0 aliphatic rings. The van der Waals surface area contributed by atoms with Gasteiger partial charge in [0.1, 0.15) is 33.1 Å². The molecule has 57 heavy (non-hydrogen) atoms. The van der Waals surface area contributed by atoms with Crippen molar-refractivity contribution < 1.29 is 45.6 Å². The third kappa shape index (κ3) is 19.2. The first kappa shape index (κ1) is 50.3. The second kappa shape index (κ2) is 27.0. The Bertz CT molecular complexity index is 1840. The van der Waals surface area contributed by atoms with Crippen molar-refractivity contribution in [3.8, 4) is 34.5 Å². The molecule has 0 bridgehead atoms. The average Bonchev–Trinajstić information content (AvgIpc) is 3.13. The predicted octanol–water partition coefficient (Wildman–Crippen LogP) is 10.9. The molecule has 0 aliphatic heterocycles. The molecule has 0 saturated carbocycles. The summed E-state index contributed by atoms with van der Waals surface area (Å²) < 4.78 is 77.8. The van der Waals surface area contributed by atoms with E-state index in [4.69, 9.17) is 9.47 Å². The van der Waals surface area contributed by atoms with Gasteiger partial charge in [0, 0.05) is 0 Å². The maximum Gasteiger partial charge on any atom is 2.00 e. The van der Waals surface area contributed by atoms with E-state index in [0.717, 1.165) is 42.9 Å². The fourth-order valence-electron chi connectivity index (χ4n) is 6.38. The van der Waals surface area contributed by atoms with Crippen LogP contribution in [-0.4, -0.2) is 68.8 Å². The molecule has 0 aromatic heterocycles. The third-order valence-electron chi connectivity index (χ3n) is 9.30. The molecule has 4 aromatic rings. The van der Waals surface area contributed by atoms with Crippen molar-refractivity contribution in [2.45, 2.75) is 139 Å². The summed E-state index contributed by atoms with van der Waals surface area (Å²) in [6.45, 7) is 4.44. The first-order valence-corrected chi connectivity index (χ1v) is 22.8. The minimum absolute atomic E-state index is 0. The minimum atomic E-state index is -4.91. The molecule has 0 heterocycles. The van der Waals surface area contributed by atoms with Crippen molar-refractivity contribution in [3.05, 3.63) is 96.1 Å². The van der Waals surface area contributed by atoms with Crippen molar-refractivity contribution in [2.75, 3.05) is 0 Å². The molecule has 0 saturated heterocycles. The van der Waals surface area contributed by atoms with Gasteiger partial charge < -0.3 is 24.2 Å². The molecule has 0 atom stereocenters. The predicted molar refractivity (Wildman–Crippen MR) is 223 cm³/mol. The van der Waals surface area contributed by atoms with Crippen LogP contribution >= 0.6 is 0 Å². The van der Waals surface area contributed by atoms with Crippen molar-refractivity contribution in [2.24, 2.45) is 0 Å². The molecule has 0 unspecified atom stereocenters. The van der Waals surface area contributed by atoms with Crippen molar-refractivity contribution in [1.29, 1.82) is 0 Å². The van der Waals surface area contributed by atoms with E-state index in [9.17, 15) is 36.2 Å². The van der Waals surface area contributed by atoms with E-state index in [0.29, 0.717) is 11.5 Å². The van der Waals surface area contributed by atoms with Gasteiger partial charge in [-0.05, 0) is 79.3 Å². The maximum absolute atomic E-state index is 11.8. The number of ether oxygens (including phenoxy) is 2. The van der Waals surface area contributed by atoms with Crippen LogP contribution in [0.15, 0.2) is 94.7 Å². The van der Waals surface area contributed by atoms with Crippen LogP contribution in [0.25, 0.3) is 0 Å². The molecule has 10 nitrogen and oxygen atoms in total. The van der Waals surface area contributed by atoms with Crippen LogP contribution < -0.4 is 14.6 Å². The number of rotatable bonds is 24. The van der Waals surface area contributed by atoms with Gasteiger partial charge >= 0.3 is 47.9 Å². The second-order valence-electron chi connectivity index (χ2n) is 14.1. The zero-order valence-corrected chi connectivity index (χ0v) is 37.3. The van der Waals surface area contributed by atoms with E-state index in [1.54, 1.807) is 12.1 Å². The van der Waals surface area contributed by atoms with E-state index >= 15 is 0 Å². The summed E-state index contributed by atoms with van der Waals surface area (Å²) in [4.78, 5) is -1.47. The average molecular weight is 851 g/mol. The van der Waals surface area contributed by atoms with Gasteiger partial charge in [-0.1, -0.05) is 152 Å². The Kier molecular flexibility index (Phi) is 23.8. The molecule has 4 aromatic carbocycles. The Balaban J connectivity index is 0.000000387. The summed E-state index contributed by atoms with van der Waals surface area (Å²) in [5.74, 6) is -0.865. The standard InChI is InChI=1S/2C22H30O5S.Ca/c2*1-2-3-4-5-6-7-8-9-12-18-13-10-14-19(17-18)27-21-16-11-15-20(23)22(21)28(24,25)26;/h2*10-11,13-17,23H,2-9,12H2,1H3,(H,24,25,26);/q;;+2/p-2. The van der Waals surface area contributed by atoms with Crippen LogP contribution in [-0.2, 0) is 33.1 Å². The van der Waals surface area contributed by atoms with Crippen LogP contribution in [0.4, 0.5) is 0 Å². The molecule has 0 radical (unpaired) electrons. The van der Waals surface area contributed by atoms with Crippen LogP contribution in [0.2, 0.25) is 0 Å². The summed E-state index contributed by atoms with van der Waals surface area (Å²) in [5.41, 5.74) is 2.19. The molecular weight excluding hydrogens is 793 g/mol. The Morgan fingerprint density at radius 2 is 0.930 bits per heavy atom. The molecular formula is C44H58CaO10S2. The fourth-order valence-corrected chi connectivity index (χ4v) is 7.74. The van der Waals surface area contributed by atoms with E-state index < -0.39 is 41.5 Å². The Labute approximate surface area is 370 Å². The van der Waals surface area contributed by atoms with Crippen LogP contribution in [0.3, 0.4) is 0 Å². The van der Waals surface area contributed by atoms with Crippen molar-refractivity contribution >= 4 is 58.0 Å².